The lowest BCUT2D eigenvalue weighted by Crippen LogP contribution is -2.49. The summed E-state index contributed by atoms with van der Waals surface area (Å²) in [7, 11) is 0. The van der Waals surface area contributed by atoms with Crippen molar-refractivity contribution in [2.24, 2.45) is 29.6 Å². The quantitative estimate of drug-likeness (QED) is 0.898. The molecular weight excluding hydrogens is 300 g/mol. The summed E-state index contributed by atoms with van der Waals surface area (Å²) in [5, 5.41) is 2.85. The highest BCUT2D eigenvalue weighted by Crippen LogP contribution is 2.56. The third-order valence-electron chi connectivity index (χ3n) is 5.89. The van der Waals surface area contributed by atoms with Crippen LogP contribution in [0.15, 0.2) is 24.3 Å². The zero-order valence-corrected chi connectivity index (χ0v) is 12.9. The largest absolute Gasteiger partial charge is 0.433 e. The van der Waals surface area contributed by atoms with Crippen LogP contribution in [0.2, 0.25) is 0 Å². The van der Waals surface area contributed by atoms with Gasteiger partial charge in [-0.15, -0.1) is 0 Å². The van der Waals surface area contributed by atoms with Gasteiger partial charge in [-0.25, -0.2) is 0 Å². The van der Waals surface area contributed by atoms with Crippen molar-refractivity contribution in [3.05, 3.63) is 24.3 Å². The molecule has 5 heteroatoms. The predicted molar refractivity (Wildman–Crippen MR) is 82.2 cm³/mol. The molecule has 0 radical (unpaired) electrons. The summed E-state index contributed by atoms with van der Waals surface area (Å²) in [5.41, 5.74) is 0.339. The van der Waals surface area contributed by atoms with Crippen LogP contribution in [0.3, 0.4) is 0 Å². The first kappa shape index (κ1) is 14.9. The van der Waals surface area contributed by atoms with Gasteiger partial charge in [-0.05, 0) is 67.9 Å². The van der Waals surface area contributed by atoms with E-state index < -0.39 is 6.61 Å². The maximum atomic E-state index is 12.8. The molecule has 1 aromatic rings. The number of anilines is 1. The Labute approximate surface area is 134 Å². The molecule has 0 unspecified atom stereocenters. The van der Waals surface area contributed by atoms with Crippen molar-refractivity contribution >= 4 is 11.6 Å². The molecule has 0 saturated heterocycles. The molecule has 0 atom stereocenters. The highest BCUT2D eigenvalue weighted by atomic mass is 19.3. The van der Waals surface area contributed by atoms with Crippen molar-refractivity contribution < 1.29 is 18.3 Å². The first-order valence-electron chi connectivity index (χ1n) is 8.45. The van der Waals surface area contributed by atoms with Crippen LogP contribution in [0.4, 0.5) is 14.5 Å². The van der Waals surface area contributed by atoms with Crippen molar-refractivity contribution in [2.75, 3.05) is 5.32 Å². The highest BCUT2D eigenvalue weighted by Gasteiger charge is 2.50. The molecule has 3 nitrogen and oxygen atoms in total. The summed E-state index contributed by atoms with van der Waals surface area (Å²) in [6.07, 6.45) is 5.95. The van der Waals surface area contributed by atoms with Gasteiger partial charge in [-0.1, -0.05) is 12.1 Å². The molecule has 1 amide bonds. The maximum absolute atomic E-state index is 12.8. The molecule has 1 aromatic carbocycles. The van der Waals surface area contributed by atoms with Crippen LogP contribution < -0.4 is 10.1 Å². The second-order valence-corrected chi connectivity index (χ2v) is 7.32. The van der Waals surface area contributed by atoms with Gasteiger partial charge in [0, 0.05) is 5.92 Å². The molecule has 5 rings (SSSR count). The van der Waals surface area contributed by atoms with Crippen molar-refractivity contribution in [1.82, 2.24) is 0 Å². The second-order valence-electron chi connectivity index (χ2n) is 7.32. The van der Waals surface area contributed by atoms with Crippen LogP contribution in [-0.4, -0.2) is 12.5 Å². The molecule has 23 heavy (non-hydrogen) atoms. The number of rotatable bonds is 4. The lowest BCUT2D eigenvalue weighted by Gasteiger charge is -2.53. The Morgan fingerprint density at radius 2 is 1.65 bits per heavy atom. The molecule has 0 aliphatic heterocycles. The van der Waals surface area contributed by atoms with Gasteiger partial charge in [0.1, 0.15) is 5.75 Å². The van der Waals surface area contributed by atoms with Crippen LogP contribution in [0.1, 0.15) is 32.1 Å². The van der Waals surface area contributed by atoms with E-state index in [0.29, 0.717) is 17.5 Å². The van der Waals surface area contributed by atoms with Gasteiger partial charge in [-0.2, -0.15) is 8.78 Å². The number of ether oxygens (including phenoxy) is 1. The van der Waals surface area contributed by atoms with Crippen LogP contribution >= 0.6 is 0 Å². The van der Waals surface area contributed by atoms with Gasteiger partial charge >= 0.3 is 6.61 Å². The first-order chi connectivity index (χ1) is 11.1. The zero-order chi connectivity index (χ0) is 16.0. The minimum atomic E-state index is -2.89. The van der Waals surface area contributed by atoms with E-state index >= 15 is 0 Å². The number of benzene rings is 1. The minimum Gasteiger partial charge on any atom is -0.433 e. The van der Waals surface area contributed by atoms with E-state index in [0.717, 1.165) is 37.5 Å². The molecule has 1 N–H and O–H groups in total. The van der Waals surface area contributed by atoms with E-state index in [1.165, 1.54) is 12.5 Å². The van der Waals surface area contributed by atoms with Crippen molar-refractivity contribution in [3.63, 3.8) is 0 Å². The van der Waals surface area contributed by atoms with Gasteiger partial charge in [0.05, 0.1) is 5.69 Å². The third kappa shape index (κ3) is 2.81. The minimum absolute atomic E-state index is 0.0240. The standard InChI is InChI=1S/C18H21F2NO2/c19-18(20)23-15-4-2-1-3-14(15)21-17(22)16-12-6-10-5-11(8-12)9-13(16)7-10/h1-4,10-13,16,18H,5-9H2,(H,21,22). The van der Waals surface area contributed by atoms with Crippen LogP contribution in [0.25, 0.3) is 0 Å². The fourth-order valence-corrected chi connectivity index (χ4v) is 5.34. The van der Waals surface area contributed by atoms with E-state index in [9.17, 15) is 13.6 Å². The molecule has 0 spiro atoms. The fraction of sp³-hybridized carbons (Fsp3) is 0.611. The molecule has 124 valence electrons. The number of nitrogens with one attached hydrogen (secondary N) is 1. The van der Waals surface area contributed by atoms with Crippen LogP contribution in [-0.2, 0) is 4.79 Å². The van der Waals surface area contributed by atoms with Crippen LogP contribution in [0.5, 0.6) is 5.75 Å². The molecule has 0 heterocycles. The number of hydrogen-bond acceptors (Lipinski definition) is 2. The molecule has 4 aliphatic rings. The van der Waals surface area contributed by atoms with E-state index in [1.54, 1.807) is 18.2 Å². The second kappa shape index (κ2) is 5.77. The van der Waals surface area contributed by atoms with Crippen molar-refractivity contribution in [2.45, 2.75) is 38.7 Å². The summed E-state index contributed by atoms with van der Waals surface area (Å²) < 4.78 is 29.5. The topological polar surface area (TPSA) is 38.3 Å². The van der Waals surface area contributed by atoms with Crippen molar-refractivity contribution in [1.29, 1.82) is 0 Å². The SMILES string of the molecule is O=C(Nc1ccccc1OC(F)F)C1C2CC3CC(C2)CC1C3. The number of amides is 1. The third-order valence-corrected chi connectivity index (χ3v) is 5.89. The number of alkyl halides is 2. The summed E-state index contributed by atoms with van der Waals surface area (Å²) >= 11 is 0. The Kier molecular flexibility index (Phi) is 3.74. The summed E-state index contributed by atoms with van der Waals surface area (Å²) in [6.45, 7) is -2.89. The lowest BCUT2D eigenvalue weighted by molar-refractivity contribution is -0.132. The van der Waals surface area contributed by atoms with Gasteiger partial charge in [0.2, 0.25) is 5.91 Å². The van der Waals surface area contributed by atoms with Gasteiger partial charge in [0.25, 0.3) is 0 Å². The van der Waals surface area contributed by atoms with Crippen LogP contribution in [0, 0.1) is 29.6 Å². The van der Waals surface area contributed by atoms with Crippen molar-refractivity contribution in [3.8, 4) is 5.75 Å². The lowest BCUT2D eigenvalue weighted by atomic mass is 9.51. The Morgan fingerprint density at radius 1 is 1.04 bits per heavy atom. The normalized spacial score (nSPS) is 34.7. The smallest absolute Gasteiger partial charge is 0.387 e. The summed E-state index contributed by atoms with van der Waals surface area (Å²) in [6, 6.07) is 6.41. The molecule has 4 bridgehead atoms. The Hall–Kier alpha value is -1.65. The Bertz CT molecular complexity index is 576. The van der Waals surface area contributed by atoms with Gasteiger partial charge < -0.3 is 10.1 Å². The molecule has 4 aliphatic carbocycles. The number of para-hydroxylation sites is 2. The fourth-order valence-electron chi connectivity index (χ4n) is 5.34. The Balaban J connectivity index is 1.50. The maximum Gasteiger partial charge on any atom is 0.387 e. The molecule has 4 saturated carbocycles. The number of hydrogen-bond donors (Lipinski definition) is 1. The molecule has 0 aromatic heterocycles. The predicted octanol–water partition coefficient (Wildman–Crippen LogP) is 4.30. The molecule has 4 fully saturated rings. The zero-order valence-electron chi connectivity index (χ0n) is 12.9. The van der Waals surface area contributed by atoms with Gasteiger partial charge in [0.15, 0.2) is 0 Å². The average Bonchev–Trinajstić information content (AvgIpc) is 2.47. The van der Waals surface area contributed by atoms with E-state index in [1.807, 2.05) is 0 Å². The molecular formula is C18H21F2NO2. The summed E-state index contributed by atoms with van der Waals surface area (Å²) in [4.78, 5) is 12.8. The number of carbonyl (C=O) groups excluding carboxylic acids is 1. The highest BCUT2D eigenvalue weighted by molar-refractivity contribution is 5.94. The van der Waals surface area contributed by atoms with E-state index in [-0.39, 0.29) is 17.6 Å². The number of halogens is 2. The van der Waals surface area contributed by atoms with Gasteiger partial charge in [-0.3, -0.25) is 4.79 Å². The number of carbonyl (C=O) groups is 1. The summed E-state index contributed by atoms with van der Waals surface area (Å²) in [5.74, 6) is 2.57. The monoisotopic (exact) mass is 321 g/mol. The van der Waals surface area contributed by atoms with E-state index in [2.05, 4.69) is 10.1 Å². The first-order valence-corrected chi connectivity index (χ1v) is 8.45. The Morgan fingerprint density at radius 3 is 2.26 bits per heavy atom. The average molecular weight is 321 g/mol. The van der Waals surface area contributed by atoms with E-state index in [4.69, 9.17) is 0 Å².